The highest BCUT2D eigenvalue weighted by atomic mass is 16.3. The molecule has 0 bridgehead atoms. The lowest BCUT2D eigenvalue weighted by atomic mass is 9.88. The molecule has 0 atom stereocenters. The van der Waals surface area contributed by atoms with Crippen molar-refractivity contribution in [1.29, 1.82) is 0 Å². The molecule has 2 aliphatic rings. The summed E-state index contributed by atoms with van der Waals surface area (Å²) in [4.78, 5) is 0. The topological polar surface area (TPSA) is 40.5 Å². The molecule has 3 rings (SSSR count). The van der Waals surface area contributed by atoms with Crippen molar-refractivity contribution in [2.45, 2.75) is 44.1 Å². The maximum atomic E-state index is 10.2. The summed E-state index contributed by atoms with van der Waals surface area (Å²) in [7, 11) is 0. The fourth-order valence-corrected chi connectivity index (χ4v) is 2.57. The number of fused-ring (bicyclic) bond motifs is 1. The molecule has 1 aromatic carbocycles. The van der Waals surface area contributed by atoms with Gasteiger partial charge in [-0.3, -0.25) is 0 Å². The van der Waals surface area contributed by atoms with Crippen molar-refractivity contribution in [2.75, 3.05) is 0 Å². The number of hydrogen-bond acceptors (Lipinski definition) is 2. The van der Waals surface area contributed by atoms with Crippen LogP contribution in [0.1, 0.15) is 42.4 Å². The Balaban J connectivity index is 2.11. The predicted octanol–water partition coefficient (Wildman–Crippen LogP) is 2.25. The molecule has 0 saturated heterocycles. The van der Waals surface area contributed by atoms with Gasteiger partial charge in [-0.1, -0.05) is 12.1 Å². The summed E-state index contributed by atoms with van der Waals surface area (Å²) in [5.74, 6) is 0.368. The average Bonchev–Trinajstić information content (AvgIpc) is 2.98. The lowest BCUT2D eigenvalue weighted by molar-refractivity contribution is 0.147. The normalized spacial score (nSPS) is 22.2. The third kappa shape index (κ3) is 1.36. The Morgan fingerprint density at radius 2 is 1.80 bits per heavy atom. The maximum absolute atomic E-state index is 10.2. The molecule has 1 fully saturated rings. The summed E-state index contributed by atoms with van der Waals surface area (Å²) in [6, 6.07) is 3.99. The van der Waals surface area contributed by atoms with Gasteiger partial charge in [0.2, 0.25) is 0 Å². The Bertz CT molecular complexity index is 405. The Morgan fingerprint density at radius 1 is 1.07 bits per heavy atom. The van der Waals surface area contributed by atoms with Gasteiger partial charge in [-0.05, 0) is 49.7 Å². The van der Waals surface area contributed by atoms with E-state index in [0.29, 0.717) is 5.75 Å². The third-order valence-corrected chi connectivity index (χ3v) is 3.73. The van der Waals surface area contributed by atoms with Crippen LogP contribution in [-0.2, 0) is 18.4 Å². The number of benzene rings is 1. The van der Waals surface area contributed by atoms with E-state index in [-0.39, 0.29) is 0 Å². The van der Waals surface area contributed by atoms with Crippen molar-refractivity contribution in [1.82, 2.24) is 0 Å². The number of phenolic OH excluding ortho intramolecular Hbond substituents is 1. The summed E-state index contributed by atoms with van der Waals surface area (Å²) in [6.45, 7) is 0. The molecule has 0 unspecified atom stereocenters. The zero-order valence-corrected chi connectivity index (χ0v) is 8.79. The van der Waals surface area contributed by atoms with Gasteiger partial charge in [-0.25, -0.2) is 0 Å². The monoisotopic (exact) mass is 204 g/mol. The zero-order chi connectivity index (χ0) is 10.5. The van der Waals surface area contributed by atoms with Gasteiger partial charge in [-0.15, -0.1) is 0 Å². The number of aromatic hydroxyl groups is 1. The highest BCUT2D eigenvalue weighted by Crippen LogP contribution is 2.50. The van der Waals surface area contributed by atoms with E-state index < -0.39 is 5.60 Å². The quantitative estimate of drug-likeness (QED) is 0.736. The lowest BCUT2D eigenvalue weighted by Crippen LogP contribution is -2.09. The Hall–Kier alpha value is -1.02. The molecule has 0 heterocycles. The fraction of sp³-hybridized carbons (Fsp3) is 0.538. The van der Waals surface area contributed by atoms with Crippen molar-refractivity contribution in [2.24, 2.45) is 0 Å². The van der Waals surface area contributed by atoms with Crippen molar-refractivity contribution >= 4 is 0 Å². The first kappa shape index (κ1) is 9.22. The first-order valence-corrected chi connectivity index (χ1v) is 5.77. The molecule has 80 valence electrons. The third-order valence-electron chi connectivity index (χ3n) is 3.73. The predicted molar refractivity (Wildman–Crippen MR) is 57.9 cm³/mol. The van der Waals surface area contributed by atoms with Gasteiger partial charge in [0.15, 0.2) is 0 Å². The van der Waals surface area contributed by atoms with Gasteiger partial charge >= 0.3 is 0 Å². The smallest absolute Gasteiger partial charge is 0.125 e. The summed E-state index contributed by atoms with van der Waals surface area (Å²) in [5, 5.41) is 20.2. The van der Waals surface area contributed by atoms with E-state index in [1.54, 1.807) is 0 Å². The van der Waals surface area contributed by atoms with Crippen LogP contribution in [0.2, 0.25) is 0 Å². The summed E-state index contributed by atoms with van der Waals surface area (Å²) in [6.07, 6.45) is 5.99. The molecule has 15 heavy (non-hydrogen) atoms. The van der Waals surface area contributed by atoms with Crippen molar-refractivity contribution < 1.29 is 10.2 Å². The second-order valence-electron chi connectivity index (χ2n) is 4.84. The van der Waals surface area contributed by atoms with Crippen LogP contribution >= 0.6 is 0 Å². The van der Waals surface area contributed by atoms with Crippen LogP contribution in [-0.4, -0.2) is 10.2 Å². The zero-order valence-electron chi connectivity index (χ0n) is 8.79. The fourth-order valence-electron chi connectivity index (χ4n) is 2.57. The van der Waals surface area contributed by atoms with Gasteiger partial charge in [0.25, 0.3) is 0 Å². The molecule has 2 nitrogen and oxygen atoms in total. The standard InChI is InChI=1S/C13H16O2/c14-12-10-4-2-1-3-9(10)5-6-11(12)13(15)7-8-13/h5-6,14-15H,1-4,7-8H2. The Kier molecular flexibility index (Phi) is 1.84. The summed E-state index contributed by atoms with van der Waals surface area (Å²) in [5.41, 5.74) is 2.39. The molecule has 2 aliphatic carbocycles. The van der Waals surface area contributed by atoms with Crippen LogP contribution in [0.5, 0.6) is 5.75 Å². The molecule has 0 aromatic heterocycles. The van der Waals surface area contributed by atoms with E-state index in [1.807, 2.05) is 6.07 Å². The number of hydrogen-bond donors (Lipinski definition) is 2. The van der Waals surface area contributed by atoms with E-state index in [9.17, 15) is 10.2 Å². The highest BCUT2D eigenvalue weighted by Gasteiger charge is 2.44. The summed E-state index contributed by atoms with van der Waals surface area (Å²) < 4.78 is 0. The number of aryl methyl sites for hydroxylation is 1. The van der Waals surface area contributed by atoms with Crippen LogP contribution in [0.25, 0.3) is 0 Å². The van der Waals surface area contributed by atoms with E-state index in [4.69, 9.17) is 0 Å². The molecule has 0 radical (unpaired) electrons. The molecule has 1 saturated carbocycles. The second-order valence-corrected chi connectivity index (χ2v) is 4.84. The molecule has 1 aromatic rings. The van der Waals surface area contributed by atoms with E-state index >= 15 is 0 Å². The van der Waals surface area contributed by atoms with Crippen LogP contribution < -0.4 is 0 Å². The number of rotatable bonds is 1. The molecular formula is C13H16O2. The minimum absolute atomic E-state index is 0.368. The van der Waals surface area contributed by atoms with Crippen LogP contribution in [0.15, 0.2) is 12.1 Å². The lowest BCUT2D eigenvalue weighted by Gasteiger charge is -2.20. The highest BCUT2D eigenvalue weighted by molar-refractivity contribution is 5.50. The minimum atomic E-state index is -0.712. The van der Waals surface area contributed by atoms with Crippen molar-refractivity contribution in [3.8, 4) is 5.75 Å². The van der Waals surface area contributed by atoms with E-state index in [0.717, 1.165) is 43.2 Å². The van der Waals surface area contributed by atoms with Gasteiger partial charge in [0.1, 0.15) is 5.75 Å². The molecular weight excluding hydrogens is 188 g/mol. The van der Waals surface area contributed by atoms with Gasteiger partial charge in [-0.2, -0.15) is 0 Å². The first-order chi connectivity index (χ1) is 7.21. The number of phenols is 1. The van der Waals surface area contributed by atoms with Gasteiger partial charge in [0.05, 0.1) is 5.60 Å². The van der Waals surface area contributed by atoms with Crippen LogP contribution in [0, 0.1) is 0 Å². The number of aliphatic hydroxyl groups is 1. The second kappa shape index (κ2) is 2.99. The molecule has 2 N–H and O–H groups in total. The van der Waals surface area contributed by atoms with Gasteiger partial charge < -0.3 is 10.2 Å². The first-order valence-electron chi connectivity index (χ1n) is 5.77. The molecule has 2 heteroatoms. The Labute approximate surface area is 89.6 Å². The van der Waals surface area contributed by atoms with Crippen molar-refractivity contribution in [3.05, 3.63) is 28.8 Å². The summed E-state index contributed by atoms with van der Waals surface area (Å²) >= 11 is 0. The minimum Gasteiger partial charge on any atom is -0.507 e. The largest absolute Gasteiger partial charge is 0.507 e. The van der Waals surface area contributed by atoms with Crippen LogP contribution in [0.3, 0.4) is 0 Å². The van der Waals surface area contributed by atoms with Crippen LogP contribution in [0.4, 0.5) is 0 Å². The molecule has 0 spiro atoms. The maximum Gasteiger partial charge on any atom is 0.125 e. The molecule has 0 aliphatic heterocycles. The van der Waals surface area contributed by atoms with Crippen molar-refractivity contribution in [3.63, 3.8) is 0 Å². The molecule has 0 amide bonds. The average molecular weight is 204 g/mol. The SMILES string of the molecule is Oc1c(C2(O)CC2)ccc2c1CCCC2. The van der Waals surface area contributed by atoms with E-state index in [2.05, 4.69) is 6.07 Å². The Morgan fingerprint density at radius 3 is 2.53 bits per heavy atom. The van der Waals surface area contributed by atoms with Gasteiger partial charge in [0, 0.05) is 5.56 Å². The van der Waals surface area contributed by atoms with E-state index in [1.165, 1.54) is 12.0 Å².